The summed E-state index contributed by atoms with van der Waals surface area (Å²) in [7, 11) is 0. The van der Waals surface area contributed by atoms with Gasteiger partial charge in [0, 0.05) is 35.3 Å². The number of nitrogens with one attached hydrogen (secondary N) is 2. The van der Waals surface area contributed by atoms with Crippen LogP contribution >= 0.6 is 0 Å². The predicted octanol–water partition coefficient (Wildman–Crippen LogP) is 1.86. The number of amides is 1. The van der Waals surface area contributed by atoms with Crippen molar-refractivity contribution >= 4 is 22.8 Å². The Hall–Kier alpha value is -2.56. The molecule has 0 aliphatic heterocycles. The van der Waals surface area contributed by atoms with Crippen molar-refractivity contribution in [3.63, 3.8) is 0 Å². The highest BCUT2D eigenvalue weighted by atomic mass is 16.4. The second kappa shape index (κ2) is 6.06. The van der Waals surface area contributed by atoms with Gasteiger partial charge < -0.3 is 15.4 Å². The van der Waals surface area contributed by atoms with E-state index in [1.807, 2.05) is 37.4 Å². The number of benzene rings is 1. The van der Waals surface area contributed by atoms with Gasteiger partial charge in [-0.1, -0.05) is 18.2 Å². The van der Waals surface area contributed by atoms with Gasteiger partial charge in [0.15, 0.2) is 0 Å². The van der Waals surface area contributed by atoms with Crippen LogP contribution in [0.4, 0.5) is 0 Å². The maximum atomic E-state index is 11.5. The zero-order chi connectivity index (χ0) is 14.5. The van der Waals surface area contributed by atoms with Crippen LogP contribution in [0.2, 0.25) is 0 Å². The monoisotopic (exact) mass is 272 g/mol. The van der Waals surface area contributed by atoms with E-state index in [9.17, 15) is 9.59 Å². The summed E-state index contributed by atoms with van der Waals surface area (Å²) < 4.78 is 0. The van der Waals surface area contributed by atoms with Gasteiger partial charge in [-0.3, -0.25) is 4.79 Å². The van der Waals surface area contributed by atoms with Crippen molar-refractivity contribution in [1.29, 1.82) is 0 Å². The Kier molecular flexibility index (Phi) is 4.20. The minimum absolute atomic E-state index is 0.0832. The third kappa shape index (κ3) is 3.47. The first kappa shape index (κ1) is 13.9. The Balaban J connectivity index is 1.99. The number of aromatic amines is 1. The first-order valence-electron chi connectivity index (χ1n) is 6.33. The molecule has 2 aromatic rings. The van der Waals surface area contributed by atoms with Gasteiger partial charge in [0.25, 0.3) is 0 Å². The SMILES string of the molecule is C[C@H](Cc1c[nH]c2ccccc12)NC(=O)/C=C/C(=O)O. The van der Waals surface area contributed by atoms with E-state index in [-0.39, 0.29) is 6.04 Å². The van der Waals surface area contributed by atoms with Crippen molar-refractivity contribution in [2.24, 2.45) is 0 Å². The van der Waals surface area contributed by atoms with E-state index < -0.39 is 11.9 Å². The molecular formula is C15H16N2O3. The Morgan fingerprint density at radius 2 is 2.10 bits per heavy atom. The molecule has 0 unspecified atom stereocenters. The highest BCUT2D eigenvalue weighted by Crippen LogP contribution is 2.18. The topological polar surface area (TPSA) is 82.2 Å². The molecule has 0 aliphatic rings. The van der Waals surface area contributed by atoms with Gasteiger partial charge in [-0.05, 0) is 25.0 Å². The Labute approximate surface area is 116 Å². The molecule has 0 saturated carbocycles. The molecule has 3 N–H and O–H groups in total. The summed E-state index contributed by atoms with van der Waals surface area (Å²) in [5.41, 5.74) is 2.18. The van der Waals surface area contributed by atoms with Crippen molar-refractivity contribution in [3.05, 3.63) is 48.2 Å². The largest absolute Gasteiger partial charge is 0.478 e. The lowest BCUT2D eigenvalue weighted by molar-refractivity contribution is -0.131. The fourth-order valence-corrected chi connectivity index (χ4v) is 2.12. The van der Waals surface area contributed by atoms with Gasteiger partial charge in [0.1, 0.15) is 0 Å². The van der Waals surface area contributed by atoms with Crippen molar-refractivity contribution in [2.75, 3.05) is 0 Å². The van der Waals surface area contributed by atoms with Gasteiger partial charge >= 0.3 is 5.97 Å². The number of rotatable bonds is 5. The Morgan fingerprint density at radius 3 is 2.85 bits per heavy atom. The van der Waals surface area contributed by atoms with Gasteiger partial charge in [0.05, 0.1) is 0 Å². The number of carbonyl (C=O) groups is 2. The molecule has 0 spiro atoms. The number of carboxylic acid groups (broad SMARTS) is 1. The lowest BCUT2D eigenvalue weighted by atomic mass is 10.1. The molecule has 1 heterocycles. The number of hydrogen-bond donors (Lipinski definition) is 3. The zero-order valence-corrected chi connectivity index (χ0v) is 11.1. The molecule has 1 aromatic heterocycles. The number of carbonyl (C=O) groups excluding carboxylic acids is 1. The summed E-state index contributed by atoms with van der Waals surface area (Å²) in [5.74, 6) is -1.54. The van der Waals surface area contributed by atoms with Crippen LogP contribution in [0.5, 0.6) is 0 Å². The average molecular weight is 272 g/mol. The number of aliphatic carboxylic acids is 1. The molecule has 104 valence electrons. The van der Waals surface area contributed by atoms with Gasteiger partial charge in [-0.15, -0.1) is 0 Å². The summed E-state index contributed by atoms with van der Waals surface area (Å²) in [6.45, 7) is 1.88. The molecule has 0 bridgehead atoms. The van der Waals surface area contributed by atoms with Gasteiger partial charge in [0.2, 0.25) is 5.91 Å². The summed E-state index contributed by atoms with van der Waals surface area (Å²) >= 11 is 0. The average Bonchev–Trinajstić information content (AvgIpc) is 2.80. The highest BCUT2D eigenvalue weighted by Gasteiger charge is 2.09. The fraction of sp³-hybridized carbons (Fsp3) is 0.200. The van der Waals surface area contributed by atoms with Crippen molar-refractivity contribution < 1.29 is 14.7 Å². The molecule has 1 amide bonds. The zero-order valence-electron chi connectivity index (χ0n) is 11.1. The molecule has 0 aliphatic carbocycles. The van der Waals surface area contributed by atoms with Crippen LogP contribution in [0, 0.1) is 0 Å². The van der Waals surface area contributed by atoms with Crippen LogP contribution in [0.1, 0.15) is 12.5 Å². The minimum atomic E-state index is -1.13. The third-order valence-corrected chi connectivity index (χ3v) is 2.97. The van der Waals surface area contributed by atoms with E-state index in [0.717, 1.165) is 28.6 Å². The van der Waals surface area contributed by atoms with Crippen LogP contribution < -0.4 is 5.32 Å². The van der Waals surface area contributed by atoms with Crippen LogP contribution in [-0.2, 0) is 16.0 Å². The third-order valence-electron chi connectivity index (χ3n) is 2.97. The van der Waals surface area contributed by atoms with Crippen molar-refractivity contribution in [1.82, 2.24) is 10.3 Å². The molecular weight excluding hydrogens is 256 g/mol. The lowest BCUT2D eigenvalue weighted by Gasteiger charge is -2.11. The standard InChI is InChI=1S/C15H16N2O3/c1-10(17-14(18)6-7-15(19)20)8-11-9-16-13-5-3-2-4-12(11)13/h2-7,9-10,16H,8H2,1H3,(H,17,18)(H,19,20)/b7-6+/t10-/m1/s1. The van der Waals surface area contributed by atoms with E-state index in [2.05, 4.69) is 10.3 Å². The van der Waals surface area contributed by atoms with E-state index in [4.69, 9.17) is 5.11 Å². The first-order chi connectivity index (χ1) is 9.56. The summed E-state index contributed by atoms with van der Waals surface area (Å²) in [5, 5.41) is 12.3. The maximum absolute atomic E-state index is 11.5. The van der Waals surface area contributed by atoms with Gasteiger partial charge in [-0.2, -0.15) is 0 Å². The van der Waals surface area contributed by atoms with Gasteiger partial charge in [-0.25, -0.2) is 4.79 Å². The second-order valence-corrected chi connectivity index (χ2v) is 4.64. The van der Waals surface area contributed by atoms with Crippen molar-refractivity contribution in [2.45, 2.75) is 19.4 Å². The molecule has 0 saturated heterocycles. The first-order valence-corrected chi connectivity index (χ1v) is 6.33. The summed E-state index contributed by atoms with van der Waals surface area (Å²) in [6, 6.07) is 7.88. The molecule has 1 aromatic carbocycles. The Bertz CT molecular complexity index is 658. The van der Waals surface area contributed by atoms with E-state index in [0.29, 0.717) is 6.42 Å². The van der Waals surface area contributed by atoms with E-state index >= 15 is 0 Å². The number of H-pyrrole nitrogens is 1. The molecule has 2 rings (SSSR count). The second-order valence-electron chi connectivity index (χ2n) is 4.64. The van der Waals surface area contributed by atoms with E-state index in [1.165, 1.54) is 0 Å². The number of hydrogen-bond acceptors (Lipinski definition) is 2. The van der Waals surface area contributed by atoms with Crippen LogP contribution in [0.3, 0.4) is 0 Å². The highest BCUT2D eigenvalue weighted by molar-refractivity contribution is 5.94. The van der Waals surface area contributed by atoms with Crippen LogP contribution in [-0.4, -0.2) is 28.0 Å². The molecule has 0 fully saturated rings. The van der Waals surface area contributed by atoms with Crippen LogP contribution in [0.25, 0.3) is 10.9 Å². The normalized spacial score (nSPS) is 12.7. The molecule has 5 nitrogen and oxygen atoms in total. The molecule has 20 heavy (non-hydrogen) atoms. The quantitative estimate of drug-likeness (QED) is 0.726. The molecule has 1 atom stereocenters. The number of aromatic nitrogens is 1. The predicted molar refractivity (Wildman–Crippen MR) is 76.4 cm³/mol. The lowest BCUT2D eigenvalue weighted by Crippen LogP contribution is -2.32. The number of fused-ring (bicyclic) bond motifs is 1. The fourth-order valence-electron chi connectivity index (χ4n) is 2.12. The number of carboxylic acids is 1. The van der Waals surface area contributed by atoms with E-state index in [1.54, 1.807) is 0 Å². The van der Waals surface area contributed by atoms with Crippen LogP contribution in [0.15, 0.2) is 42.6 Å². The summed E-state index contributed by atoms with van der Waals surface area (Å²) in [6.07, 6.45) is 4.46. The molecule has 0 radical (unpaired) electrons. The molecule has 5 heteroatoms. The Morgan fingerprint density at radius 1 is 1.35 bits per heavy atom. The number of para-hydroxylation sites is 1. The summed E-state index contributed by atoms with van der Waals surface area (Å²) in [4.78, 5) is 25.0. The smallest absolute Gasteiger partial charge is 0.328 e. The maximum Gasteiger partial charge on any atom is 0.328 e. The van der Waals surface area contributed by atoms with Crippen molar-refractivity contribution in [3.8, 4) is 0 Å². The minimum Gasteiger partial charge on any atom is -0.478 e.